The number of hydrogen-bond acceptors (Lipinski definition) is 4. The van der Waals surface area contributed by atoms with E-state index in [4.69, 9.17) is 14.9 Å². The van der Waals surface area contributed by atoms with Gasteiger partial charge >= 0.3 is 13.8 Å². The van der Waals surface area contributed by atoms with E-state index in [-0.39, 0.29) is 0 Å². The van der Waals surface area contributed by atoms with Crippen LogP contribution in [0.2, 0.25) is 0 Å². The summed E-state index contributed by atoms with van der Waals surface area (Å²) in [6.45, 7) is 0. The van der Waals surface area contributed by atoms with Crippen molar-refractivity contribution >= 4 is 13.8 Å². The molecule has 0 radical (unpaired) electrons. The van der Waals surface area contributed by atoms with E-state index in [1.54, 1.807) is 0 Å². The van der Waals surface area contributed by atoms with Crippen molar-refractivity contribution in [2.24, 2.45) is 5.73 Å². The highest BCUT2D eigenvalue weighted by molar-refractivity contribution is 7.46. The van der Waals surface area contributed by atoms with E-state index in [1.165, 1.54) is 0 Å². The van der Waals surface area contributed by atoms with Crippen LogP contribution in [0.5, 0.6) is 0 Å². The van der Waals surface area contributed by atoms with Crippen molar-refractivity contribution in [1.82, 2.24) is 0 Å². The summed E-state index contributed by atoms with van der Waals surface area (Å²) in [5.41, 5.74) is 4.67. The van der Waals surface area contributed by atoms with Crippen molar-refractivity contribution in [3.05, 3.63) is 12.0 Å². The van der Waals surface area contributed by atoms with Gasteiger partial charge in [0.15, 0.2) is 0 Å². The molecule has 11 heavy (non-hydrogen) atoms. The maximum Gasteiger partial charge on any atom is 0.525 e. The van der Waals surface area contributed by atoms with Crippen LogP contribution in [0.4, 0.5) is 0 Å². The normalized spacial score (nSPS) is 12.7. The highest BCUT2D eigenvalue weighted by atomic mass is 31.2. The number of carboxylic acid groups (broad SMARTS) is 1. The molecule has 0 heterocycles. The molecule has 5 N–H and O–H groups in total. The molecule has 0 atom stereocenters. The molecule has 0 spiro atoms. The van der Waals surface area contributed by atoms with Crippen molar-refractivity contribution < 1.29 is 28.8 Å². The van der Waals surface area contributed by atoms with Gasteiger partial charge in [0.2, 0.25) is 5.76 Å². The van der Waals surface area contributed by atoms with Gasteiger partial charge in [0.25, 0.3) is 0 Å². The van der Waals surface area contributed by atoms with E-state index in [0.29, 0.717) is 6.20 Å². The largest absolute Gasteiger partial charge is 0.525 e. The van der Waals surface area contributed by atoms with Crippen LogP contribution in [-0.4, -0.2) is 20.9 Å². The Morgan fingerprint density at radius 1 is 1.55 bits per heavy atom. The minimum absolute atomic E-state index is 0.446. The molecule has 0 aromatic heterocycles. The Morgan fingerprint density at radius 2 is 2.00 bits per heavy atom. The van der Waals surface area contributed by atoms with Crippen LogP contribution in [0.1, 0.15) is 0 Å². The SMILES string of the molecule is N/C=C(\OP(=O)(O)O)C(=O)O. The van der Waals surface area contributed by atoms with Gasteiger partial charge in [-0.05, 0) is 0 Å². The van der Waals surface area contributed by atoms with Gasteiger partial charge in [-0.25, -0.2) is 9.36 Å². The number of aliphatic carboxylic acids is 1. The van der Waals surface area contributed by atoms with E-state index < -0.39 is 19.6 Å². The van der Waals surface area contributed by atoms with Gasteiger partial charge in [-0.3, -0.25) is 9.79 Å². The Morgan fingerprint density at radius 3 is 2.09 bits per heavy atom. The topological polar surface area (TPSA) is 130 Å². The lowest BCUT2D eigenvalue weighted by atomic mass is 10.6. The molecule has 0 aliphatic carbocycles. The van der Waals surface area contributed by atoms with Gasteiger partial charge in [-0.1, -0.05) is 0 Å². The van der Waals surface area contributed by atoms with Crippen molar-refractivity contribution in [2.45, 2.75) is 0 Å². The fourth-order valence-corrected chi connectivity index (χ4v) is 0.664. The number of rotatable bonds is 3. The summed E-state index contributed by atoms with van der Waals surface area (Å²) < 4.78 is 13.7. The van der Waals surface area contributed by atoms with Crippen molar-refractivity contribution in [1.29, 1.82) is 0 Å². The molecule has 0 saturated carbocycles. The van der Waals surface area contributed by atoms with Crippen molar-refractivity contribution in [3.8, 4) is 0 Å². The smallest absolute Gasteiger partial charge is 0.475 e. The number of carbonyl (C=O) groups is 1. The van der Waals surface area contributed by atoms with E-state index in [2.05, 4.69) is 10.3 Å². The van der Waals surface area contributed by atoms with Crippen LogP contribution in [0.15, 0.2) is 12.0 Å². The molecular formula is C3H6NO6P. The van der Waals surface area contributed by atoms with Gasteiger partial charge in [-0.2, -0.15) is 0 Å². The molecule has 0 aromatic rings. The van der Waals surface area contributed by atoms with E-state index in [1.807, 2.05) is 0 Å². The molecule has 0 bridgehead atoms. The molecule has 0 unspecified atom stereocenters. The lowest BCUT2D eigenvalue weighted by Crippen LogP contribution is -2.05. The summed E-state index contributed by atoms with van der Waals surface area (Å²) in [5.74, 6) is -2.63. The Hall–Kier alpha value is -1.04. The molecule has 8 heteroatoms. The number of phosphoric ester groups is 1. The Kier molecular flexibility index (Phi) is 3.06. The average molecular weight is 183 g/mol. The van der Waals surface area contributed by atoms with Crippen LogP contribution in [0, 0.1) is 0 Å². The average Bonchev–Trinajstić information content (AvgIpc) is 1.80. The molecule has 7 nitrogen and oxygen atoms in total. The highest BCUT2D eigenvalue weighted by Gasteiger charge is 2.21. The van der Waals surface area contributed by atoms with Crippen LogP contribution < -0.4 is 5.73 Å². The number of carboxylic acids is 1. The van der Waals surface area contributed by atoms with Gasteiger partial charge in [0.1, 0.15) is 0 Å². The Labute approximate surface area is 61.3 Å². The predicted molar refractivity (Wildman–Crippen MR) is 33.0 cm³/mol. The summed E-state index contributed by atoms with van der Waals surface area (Å²) >= 11 is 0. The van der Waals surface area contributed by atoms with Gasteiger partial charge in [0.05, 0.1) is 0 Å². The molecule has 0 amide bonds. The summed E-state index contributed by atoms with van der Waals surface area (Å²) in [4.78, 5) is 26.2. The maximum atomic E-state index is 10.0. The summed E-state index contributed by atoms with van der Waals surface area (Å²) in [6, 6.07) is 0. The van der Waals surface area contributed by atoms with Crippen LogP contribution in [-0.2, 0) is 13.9 Å². The lowest BCUT2D eigenvalue weighted by Gasteiger charge is -2.04. The molecule has 0 fully saturated rings. The second-order valence-corrected chi connectivity index (χ2v) is 2.58. The van der Waals surface area contributed by atoms with Crippen molar-refractivity contribution in [3.63, 3.8) is 0 Å². The predicted octanol–water partition coefficient (Wildman–Crippen LogP) is -1.02. The Bertz CT molecular complexity index is 228. The van der Waals surface area contributed by atoms with Crippen LogP contribution in [0.3, 0.4) is 0 Å². The third-order valence-corrected chi connectivity index (χ3v) is 1.01. The lowest BCUT2D eigenvalue weighted by molar-refractivity contribution is -0.135. The Balaban J connectivity index is 4.37. The molecule has 0 aliphatic heterocycles. The third-order valence-electron chi connectivity index (χ3n) is 0.579. The standard InChI is InChI=1S/C3H6NO6P/c4-1-2(3(5)6)10-11(7,8)9/h1H,4H2,(H,5,6)(H2,7,8,9)/b2-1-. The van der Waals surface area contributed by atoms with E-state index in [0.717, 1.165) is 0 Å². The zero-order valence-corrected chi connectivity index (χ0v) is 6.06. The van der Waals surface area contributed by atoms with Crippen LogP contribution >= 0.6 is 7.82 Å². The van der Waals surface area contributed by atoms with Gasteiger partial charge < -0.3 is 15.4 Å². The summed E-state index contributed by atoms with van der Waals surface area (Å²) in [5, 5.41) is 8.12. The zero-order valence-electron chi connectivity index (χ0n) is 5.17. The van der Waals surface area contributed by atoms with E-state index >= 15 is 0 Å². The molecule has 0 aromatic carbocycles. The van der Waals surface area contributed by atoms with E-state index in [9.17, 15) is 9.36 Å². The molecule has 0 rings (SSSR count). The second-order valence-electron chi connectivity index (χ2n) is 1.42. The molecule has 0 aliphatic rings. The zero-order chi connectivity index (χ0) is 9.07. The maximum absolute atomic E-state index is 10.0. The second kappa shape index (κ2) is 3.38. The first kappa shape index (κ1) is 9.96. The fourth-order valence-electron chi connectivity index (χ4n) is 0.269. The van der Waals surface area contributed by atoms with Crippen LogP contribution in [0.25, 0.3) is 0 Å². The summed E-state index contributed by atoms with van der Waals surface area (Å²) in [7, 11) is -4.82. The molecule has 64 valence electrons. The van der Waals surface area contributed by atoms with Gasteiger partial charge in [0, 0.05) is 6.20 Å². The quantitative estimate of drug-likeness (QED) is 0.250. The highest BCUT2D eigenvalue weighted by Crippen LogP contribution is 2.38. The molecular weight excluding hydrogens is 177 g/mol. The molecule has 0 saturated heterocycles. The monoisotopic (exact) mass is 183 g/mol. The first-order valence-electron chi connectivity index (χ1n) is 2.27. The minimum Gasteiger partial charge on any atom is -0.475 e. The number of nitrogens with two attached hydrogens (primary N) is 1. The fraction of sp³-hybridized carbons (Fsp3) is 0. The van der Waals surface area contributed by atoms with Crippen molar-refractivity contribution in [2.75, 3.05) is 0 Å². The van der Waals surface area contributed by atoms with Gasteiger partial charge in [-0.15, -0.1) is 0 Å². The summed E-state index contributed by atoms with van der Waals surface area (Å²) in [6.07, 6.45) is 0.446. The number of phosphoric acid groups is 1. The first-order chi connectivity index (χ1) is 4.87. The third kappa shape index (κ3) is 4.38. The first-order valence-corrected chi connectivity index (χ1v) is 3.80. The number of hydrogen-bond donors (Lipinski definition) is 4. The minimum atomic E-state index is -4.82.